The van der Waals surface area contributed by atoms with Gasteiger partial charge >= 0.3 is 0 Å². The van der Waals surface area contributed by atoms with E-state index in [-0.39, 0.29) is 11.8 Å². The highest BCUT2D eigenvalue weighted by Gasteiger charge is 2.28. The fraction of sp³-hybridized carbons (Fsp3) is 0.343. The number of halogens is 1. The summed E-state index contributed by atoms with van der Waals surface area (Å²) in [5.41, 5.74) is 6.48. The molecule has 1 heterocycles. The number of rotatable bonds is 7. The first-order valence-corrected chi connectivity index (χ1v) is 14.7. The Morgan fingerprint density at radius 3 is 2.13 bits per heavy atom. The van der Waals surface area contributed by atoms with Gasteiger partial charge in [-0.3, -0.25) is 4.79 Å². The molecule has 204 valence electrons. The predicted octanol–water partition coefficient (Wildman–Crippen LogP) is 8.27. The molecule has 2 unspecified atom stereocenters. The summed E-state index contributed by atoms with van der Waals surface area (Å²) in [6.07, 6.45) is 10.6. The molecule has 1 N–H and O–H groups in total. The number of fused-ring (bicyclic) bond motifs is 2. The molecule has 3 aromatic carbocycles. The number of carbonyl (C=O) groups is 1. The molecule has 0 bridgehead atoms. The zero-order chi connectivity index (χ0) is 27.6. The van der Waals surface area contributed by atoms with Crippen molar-refractivity contribution in [1.82, 2.24) is 10.2 Å². The number of allylic oxidation sites excluding steroid dienone is 2. The van der Waals surface area contributed by atoms with Crippen molar-refractivity contribution >= 4 is 17.5 Å². The SMILES string of the molecule is CC1c2ccc(Cl)cc2CCC2=CC=CNC21.CCCN(CCC)C(=O)C(c1ccccc1)c1ccccc1. The van der Waals surface area contributed by atoms with E-state index in [1.807, 2.05) is 77.8 Å². The second kappa shape index (κ2) is 14.2. The fourth-order valence-electron chi connectivity index (χ4n) is 5.76. The van der Waals surface area contributed by atoms with Crippen LogP contribution in [0.2, 0.25) is 5.02 Å². The minimum atomic E-state index is -0.208. The Bertz CT molecular complexity index is 1220. The fourth-order valence-corrected chi connectivity index (χ4v) is 5.96. The number of nitrogens with one attached hydrogen (secondary N) is 1. The Morgan fingerprint density at radius 1 is 0.923 bits per heavy atom. The number of aryl methyl sites for hydroxylation is 1. The average Bonchev–Trinajstić information content (AvgIpc) is 3.11. The van der Waals surface area contributed by atoms with Crippen LogP contribution >= 0.6 is 11.6 Å². The Labute approximate surface area is 239 Å². The lowest BCUT2D eigenvalue weighted by Gasteiger charge is -2.27. The minimum absolute atomic E-state index is 0.208. The van der Waals surface area contributed by atoms with Crippen LogP contribution < -0.4 is 5.32 Å². The van der Waals surface area contributed by atoms with Crippen LogP contribution in [0.4, 0.5) is 0 Å². The number of hydrogen-bond acceptors (Lipinski definition) is 2. The van der Waals surface area contributed by atoms with Gasteiger partial charge in [0.2, 0.25) is 5.91 Å². The van der Waals surface area contributed by atoms with E-state index in [1.54, 1.807) is 0 Å². The maximum Gasteiger partial charge on any atom is 0.234 e. The van der Waals surface area contributed by atoms with Gasteiger partial charge in [-0.25, -0.2) is 0 Å². The summed E-state index contributed by atoms with van der Waals surface area (Å²) < 4.78 is 0. The van der Waals surface area contributed by atoms with Crippen molar-refractivity contribution in [2.45, 2.75) is 64.3 Å². The lowest BCUT2D eigenvalue weighted by Crippen LogP contribution is -2.36. The first kappa shape index (κ1) is 28.7. The summed E-state index contributed by atoms with van der Waals surface area (Å²) in [6, 6.07) is 26.9. The van der Waals surface area contributed by atoms with Crippen LogP contribution in [0.25, 0.3) is 0 Å². The molecule has 3 nitrogen and oxygen atoms in total. The monoisotopic (exact) mass is 540 g/mol. The summed E-state index contributed by atoms with van der Waals surface area (Å²) in [4.78, 5) is 15.2. The summed E-state index contributed by atoms with van der Waals surface area (Å²) >= 11 is 6.09. The largest absolute Gasteiger partial charge is 0.384 e. The van der Waals surface area contributed by atoms with Crippen molar-refractivity contribution in [3.05, 3.63) is 130 Å². The lowest BCUT2D eigenvalue weighted by atomic mass is 9.88. The minimum Gasteiger partial charge on any atom is -0.384 e. The number of benzene rings is 3. The van der Waals surface area contributed by atoms with Gasteiger partial charge in [-0.2, -0.15) is 0 Å². The Morgan fingerprint density at radius 2 is 1.54 bits per heavy atom. The molecule has 3 aromatic rings. The van der Waals surface area contributed by atoms with E-state index in [2.05, 4.69) is 50.4 Å². The first-order chi connectivity index (χ1) is 19.0. The van der Waals surface area contributed by atoms with Gasteiger partial charge in [-0.15, -0.1) is 0 Å². The molecule has 0 saturated heterocycles. The molecule has 0 spiro atoms. The van der Waals surface area contributed by atoms with Crippen LogP contribution in [0.3, 0.4) is 0 Å². The van der Waals surface area contributed by atoms with Crippen LogP contribution in [0.1, 0.15) is 74.1 Å². The van der Waals surface area contributed by atoms with Gasteiger partial charge in [0, 0.05) is 24.0 Å². The molecule has 5 rings (SSSR count). The van der Waals surface area contributed by atoms with Crippen molar-refractivity contribution < 1.29 is 4.79 Å². The van der Waals surface area contributed by atoms with Crippen LogP contribution in [0.15, 0.2) is 103 Å². The van der Waals surface area contributed by atoms with Crippen molar-refractivity contribution in [3.8, 4) is 0 Å². The van der Waals surface area contributed by atoms with E-state index in [9.17, 15) is 4.79 Å². The molecule has 2 aliphatic rings. The topological polar surface area (TPSA) is 32.3 Å². The zero-order valence-electron chi connectivity index (χ0n) is 23.4. The van der Waals surface area contributed by atoms with Crippen LogP contribution in [-0.2, 0) is 11.2 Å². The van der Waals surface area contributed by atoms with E-state index in [4.69, 9.17) is 11.6 Å². The molecule has 0 aromatic heterocycles. The first-order valence-electron chi connectivity index (χ1n) is 14.3. The van der Waals surface area contributed by atoms with Crippen molar-refractivity contribution in [2.75, 3.05) is 13.1 Å². The maximum atomic E-state index is 13.2. The Kier molecular flexibility index (Phi) is 10.4. The van der Waals surface area contributed by atoms with Crippen molar-refractivity contribution in [3.63, 3.8) is 0 Å². The number of nitrogens with zero attached hydrogens (tertiary/aromatic N) is 1. The highest BCUT2D eigenvalue weighted by atomic mass is 35.5. The smallest absolute Gasteiger partial charge is 0.234 e. The standard InChI is InChI=1S/C20H25NO.C15H16ClN/c1-3-15-21(16-4-2)20(22)19(17-11-7-5-8-12-17)18-13-9-6-10-14-18;1-10-14-7-6-13(16)9-12(14)5-4-11-3-2-8-17-15(10)11/h5-14,19H,3-4,15-16H2,1-2H3;2-3,6-10,15,17H,4-5H2,1H3. The number of carbonyl (C=O) groups excluding carboxylic acids is 1. The second-order valence-electron chi connectivity index (χ2n) is 10.5. The molecule has 0 fully saturated rings. The highest BCUT2D eigenvalue weighted by molar-refractivity contribution is 6.30. The molecule has 1 aliphatic carbocycles. The molecule has 4 heteroatoms. The third-order valence-corrected chi connectivity index (χ3v) is 7.91. The summed E-state index contributed by atoms with van der Waals surface area (Å²) in [7, 11) is 0. The lowest BCUT2D eigenvalue weighted by molar-refractivity contribution is -0.132. The van der Waals surface area contributed by atoms with Gasteiger partial charge in [-0.05, 0) is 77.9 Å². The maximum absolute atomic E-state index is 13.2. The normalized spacial score (nSPS) is 17.5. The van der Waals surface area contributed by atoms with Crippen LogP contribution in [-0.4, -0.2) is 29.9 Å². The molecule has 1 amide bonds. The Hall–Kier alpha value is -3.30. The predicted molar refractivity (Wildman–Crippen MR) is 164 cm³/mol. The van der Waals surface area contributed by atoms with Gasteiger partial charge in [-0.1, -0.05) is 105 Å². The third kappa shape index (κ3) is 7.22. The van der Waals surface area contributed by atoms with Gasteiger partial charge in [0.25, 0.3) is 0 Å². The molecular formula is C35H41ClN2O. The molecule has 1 aliphatic heterocycles. The van der Waals surface area contributed by atoms with Crippen LogP contribution in [0.5, 0.6) is 0 Å². The Balaban J connectivity index is 0.000000186. The third-order valence-electron chi connectivity index (χ3n) is 7.67. The van der Waals surface area contributed by atoms with E-state index >= 15 is 0 Å². The molecule has 2 atom stereocenters. The van der Waals surface area contributed by atoms with E-state index in [0.29, 0.717) is 12.0 Å². The van der Waals surface area contributed by atoms with E-state index in [0.717, 1.165) is 54.9 Å². The van der Waals surface area contributed by atoms with Gasteiger partial charge in [0.1, 0.15) is 0 Å². The number of hydrogen-bond donors (Lipinski definition) is 1. The highest BCUT2D eigenvalue weighted by Crippen LogP contribution is 2.35. The zero-order valence-corrected chi connectivity index (χ0v) is 24.2. The molecular weight excluding hydrogens is 500 g/mol. The van der Waals surface area contributed by atoms with E-state index in [1.165, 1.54) is 16.7 Å². The van der Waals surface area contributed by atoms with Crippen molar-refractivity contribution in [2.24, 2.45) is 0 Å². The molecule has 39 heavy (non-hydrogen) atoms. The number of amides is 1. The summed E-state index contributed by atoms with van der Waals surface area (Å²) in [5.74, 6) is 0.502. The quantitative estimate of drug-likeness (QED) is 0.327. The summed E-state index contributed by atoms with van der Waals surface area (Å²) in [5, 5.41) is 4.33. The van der Waals surface area contributed by atoms with Gasteiger partial charge in [0.05, 0.1) is 12.0 Å². The average molecular weight is 541 g/mol. The number of dihydropyridines is 1. The molecule has 0 saturated carbocycles. The van der Waals surface area contributed by atoms with Gasteiger partial charge < -0.3 is 10.2 Å². The summed E-state index contributed by atoms with van der Waals surface area (Å²) in [6.45, 7) is 8.18. The van der Waals surface area contributed by atoms with Gasteiger partial charge in [0.15, 0.2) is 0 Å². The molecule has 0 radical (unpaired) electrons. The van der Waals surface area contributed by atoms with Crippen LogP contribution in [0, 0.1) is 0 Å². The van der Waals surface area contributed by atoms with Crippen molar-refractivity contribution in [1.29, 1.82) is 0 Å². The second-order valence-corrected chi connectivity index (χ2v) is 10.9. The van der Waals surface area contributed by atoms with E-state index < -0.39 is 0 Å².